The minimum Gasteiger partial charge on any atom is -0.478 e. The van der Waals surface area contributed by atoms with Crippen LogP contribution < -0.4 is 0 Å². The molecular formula is C12H12BrClO2. The van der Waals surface area contributed by atoms with Gasteiger partial charge >= 0.3 is 5.97 Å². The fourth-order valence-electron chi connectivity index (χ4n) is 1.34. The van der Waals surface area contributed by atoms with Gasteiger partial charge in [-0.1, -0.05) is 18.2 Å². The van der Waals surface area contributed by atoms with Crippen LogP contribution in [0.2, 0.25) is 0 Å². The van der Waals surface area contributed by atoms with Gasteiger partial charge in [0.2, 0.25) is 0 Å². The van der Waals surface area contributed by atoms with Crippen molar-refractivity contribution >= 4 is 39.6 Å². The third kappa shape index (κ3) is 3.99. The molecule has 0 aliphatic rings. The Morgan fingerprint density at radius 2 is 2.25 bits per heavy atom. The predicted molar refractivity (Wildman–Crippen MR) is 69.9 cm³/mol. The van der Waals surface area contributed by atoms with Gasteiger partial charge in [0, 0.05) is 16.4 Å². The molecule has 0 unspecified atom stereocenters. The van der Waals surface area contributed by atoms with E-state index in [-0.39, 0.29) is 0 Å². The number of hydrogen-bond acceptors (Lipinski definition) is 1. The molecule has 1 aromatic rings. The lowest BCUT2D eigenvalue weighted by Gasteiger charge is -2.06. The van der Waals surface area contributed by atoms with E-state index in [1.165, 1.54) is 0 Å². The van der Waals surface area contributed by atoms with E-state index in [4.69, 9.17) is 16.7 Å². The highest BCUT2D eigenvalue weighted by Gasteiger charge is 2.03. The second-order valence-electron chi connectivity index (χ2n) is 3.28. The average molecular weight is 304 g/mol. The monoisotopic (exact) mass is 302 g/mol. The standard InChI is InChI=1S/C12H12BrClO2/c13-12-9(5-2-8-14)3-1-4-10(12)6-7-11(15)16/h1,3-4,6-7H,2,5,8H2,(H,15,16)/b7-6+. The van der Waals surface area contributed by atoms with Crippen molar-refractivity contribution in [2.45, 2.75) is 12.8 Å². The van der Waals surface area contributed by atoms with Gasteiger partial charge in [-0.25, -0.2) is 4.79 Å². The van der Waals surface area contributed by atoms with Crippen LogP contribution >= 0.6 is 27.5 Å². The third-order valence-electron chi connectivity index (χ3n) is 2.09. The van der Waals surface area contributed by atoms with Crippen molar-refractivity contribution in [3.8, 4) is 0 Å². The van der Waals surface area contributed by atoms with Gasteiger partial charge in [-0.05, 0) is 46.0 Å². The molecule has 0 saturated carbocycles. The Hall–Kier alpha value is -0.800. The number of carboxylic acid groups (broad SMARTS) is 1. The molecule has 0 spiro atoms. The lowest BCUT2D eigenvalue weighted by Crippen LogP contribution is -1.91. The summed E-state index contributed by atoms with van der Waals surface area (Å²) in [6.07, 6.45) is 4.51. The molecule has 86 valence electrons. The number of halogens is 2. The number of aryl methyl sites for hydroxylation is 1. The zero-order valence-electron chi connectivity index (χ0n) is 8.62. The molecule has 0 aliphatic carbocycles. The van der Waals surface area contributed by atoms with Crippen LogP contribution in [0, 0.1) is 0 Å². The molecule has 0 radical (unpaired) electrons. The summed E-state index contributed by atoms with van der Waals surface area (Å²) in [5, 5.41) is 8.56. The topological polar surface area (TPSA) is 37.3 Å². The molecule has 1 N–H and O–H groups in total. The molecule has 0 amide bonds. The third-order valence-corrected chi connectivity index (χ3v) is 3.33. The predicted octanol–water partition coefficient (Wildman–Crippen LogP) is 3.72. The number of alkyl halides is 1. The van der Waals surface area contributed by atoms with Crippen LogP contribution in [-0.4, -0.2) is 17.0 Å². The fourth-order valence-corrected chi connectivity index (χ4v) is 2.07. The van der Waals surface area contributed by atoms with Gasteiger partial charge in [-0.15, -0.1) is 11.6 Å². The van der Waals surface area contributed by atoms with Crippen molar-refractivity contribution in [1.29, 1.82) is 0 Å². The molecule has 0 atom stereocenters. The minimum absolute atomic E-state index is 0.627. The van der Waals surface area contributed by atoms with E-state index >= 15 is 0 Å². The summed E-state index contributed by atoms with van der Waals surface area (Å²) in [6, 6.07) is 5.79. The Kier molecular flexibility index (Phi) is 5.56. The molecule has 1 rings (SSSR count). The quantitative estimate of drug-likeness (QED) is 0.665. The molecule has 0 fully saturated rings. The van der Waals surface area contributed by atoms with Crippen molar-refractivity contribution in [2.75, 3.05) is 5.88 Å². The molecule has 2 nitrogen and oxygen atoms in total. The van der Waals surface area contributed by atoms with Crippen LogP contribution in [0.5, 0.6) is 0 Å². The van der Waals surface area contributed by atoms with Crippen LogP contribution in [0.3, 0.4) is 0 Å². The van der Waals surface area contributed by atoms with Crippen molar-refractivity contribution in [1.82, 2.24) is 0 Å². The zero-order chi connectivity index (χ0) is 12.0. The molecule has 0 aromatic heterocycles. The van der Waals surface area contributed by atoms with E-state index in [2.05, 4.69) is 15.9 Å². The van der Waals surface area contributed by atoms with Gasteiger partial charge in [0.15, 0.2) is 0 Å². The summed E-state index contributed by atoms with van der Waals surface area (Å²) in [6.45, 7) is 0. The maximum atomic E-state index is 10.4. The van der Waals surface area contributed by atoms with Crippen LogP contribution in [0.1, 0.15) is 17.5 Å². The lowest BCUT2D eigenvalue weighted by molar-refractivity contribution is -0.131. The SMILES string of the molecule is O=C(O)/C=C/c1cccc(CCCCl)c1Br. The van der Waals surface area contributed by atoms with Crippen LogP contribution in [-0.2, 0) is 11.2 Å². The zero-order valence-corrected chi connectivity index (χ0v) is 11.0. The van der Waals surface area contributed by atoms with Gasteiger partial charge in [0.25, 0.3) is 0 Å². The first-order valence-electron chi connectivity index (χ1n) is 4.89. The summed E-state index contributed by atoms with van der Waals surface area (Å²) in [5.74, 6) is -0.320. The summed E-state index contributed by atoms with van der Waals surface area (Å²) < 4.78 is 0.942. The van der Waals surface area contributed by atoms with Gasteiger partial charge < -0.3 is 5.11 Å². The van der Waals surface area contributed by atoms with E-state index in [1.807, 2.05) is 18.2 Å². The molecular weight excluding hydrogens is 291 g/mol. The highest BCUT2D eigenvalue weighted by molar-refractivity contribution is 9.10. The molecule has 0 saturated heterocycles. The smallest absolute Gasteiger partial charge is 0.328 e. The maximum Gasteiger partial charge on any atom is 0.328 e. The molecule has 0 bridgehead atoms. The molecule has 16 heavy (non-hydrogen) atoms. The van der Waals surface area contributed by atoms with Gasteiger partial charge in [0.05, 0.1) is 0 Å². The van der Waals surface area contributed by atoms with Gasteiger partial charge in [0.1, 0.15) is 0 Å². The fraction of sp³-hybridized carbons (Fsp3) is 0.250. The minimum atomic E-state index is -0.946. The Labute approximate surface area is 108 Å². The van der Waals surface area contributed by atoms with Crippen molar-refractivity contribution < 1.29 is 9.90 Å². The van der Waals surface area contributed by atoms with Crippen LogP contribution in [0.4, 0.5) is 0 Å². The Balaban J connectivity index is 2.90. The normalized spacial score (nSPS) is 10.9. The Bertz CT molecular complexity index is 402. The van der Waals surface area contributed by atoms with Gasteiger partial charge in [-0.2, -0.15) is 0 Å². The van der Waals surface area contributed by atoms with Crippen LogP contribution in [0.15, 0.2) is 28.7 Å². The van der Waals surface area contributed by atoms with E-state index in [9.17, 15) is 4.79 Å². The molecule has 0 heterocycles. The van der Waals surface area contributed by atoms with E-state index in [0.29, 0.717) is 5.88 Å². The number of carbonyl (C=O) groups is 1. The first-order valence-corrected chi connectivity index (χ1v) is 6.22. The highest BCUT2D eigenvalue weighted by Crippen LogP contribution is 2.24. The summed E-state index contributed by atoms with van der Waals surface area (Å²) in [7, 11) is 0. The lowest BCUT2D eigenvalue weighted by atomic mass is 10.1. The van der Waals surface area contributed by atoms with E-state index < -0.39 is 5.97 Å². The summed E-state index contributed by atoms with van der Waals surface area (Å²) in [5.41, 5.74) is 2.02. The highest BCUT2D eigenvalue weighted by atomic mass is 79.9. The maximum absolute atomic E-state index is 10.4. The van der Waals surface area contributed by atoms with E-state index in [1.54, 1.807) is 6.08 Å². The molecule has 4 heteroatoms. The first kappa shape index (κ1) is 13.3. The number of carboxylic acids is 1. The Morgan fingerprint density at radius 1 is 1.50 bits per heavy atom. The van der Waals surface area contributed by atoms with Crippen molar-refractivity contribution in [3.05, 3.63) is 39.9 Å². The number of aliphatic carboxylic acids is 1. The number of rotatable bonds is 5. The van der Waals surface area contributed by atoms with E-state index in [0.717, 1.165) is 34.5 Å². The van der Waals surface area contributed by atoms with Crippen LogP contribution in [0.25, 0.3) is 6.08 Å². The Morgan fingerprint density at radius 3 is 2.88 bits per heavy atom. The molecule has 0 aliphatic heterocycles. The first-order chi connectivity index (χ1) is 7.65. The number of hydrogen-bond donors (Lipinski definition) is 1. The largest absolute Gasteiger partial charge is 0.478 e. The second kappa shape index (κ2) is 6.71. The second-order valence-corrected chi connectivity index (χ2v) is 4.46. The summed E-state index contributed by atoms with van der Waals surface area (Å²) in [4.78, 5) is 10.4. The number of benzene rings is 1. The van der Waals surface area contributed by atoms with Crippen molar-refractivity contribution in [2.24, 2.45) is 0 Å². The van der Waals surface area contributed by atoms with Gasteiger partial charge in [-0.3, -0.25) is 0 Å². The molecule has 1 aromatic carbocycles. The average Bonchev–Trinajstić information content (AvgIpc) is 2.26. The summed E-state index contributed by atoms with van der Waals surface area (Å²) >= 11 is 9.11. The van der Waals surface area contributed by atoms with Crippen molar-refractivity contribution in [3.63, 3.8) is 0 Å².